The Morgan fingerprint density at radius 1 is 0.600 bits per heavy atom. The fraction of sp³-hybridized carbons (Fsp3) is 0.617. The van der Waals surface area contributed by atoms with Crippen molar-refractivity contribution in [3.05, 3.63) is 85.1 Å². The minimum atomic E-state index is -1.97. The van der Waals surface area contributed by atoms with Crippen LogP contribution in [-0.2, 0) is 33.4 Å². The number of hydrogen-bond donors (Lipinski definition) is 11. The van der Waals surface area contributed by atoms with E-state index in [1.165, 1.54) is 19.1 Å². The van der Waals surface area contributed by atoms with Gasteiger partial charge in [-0.3, -0.25) is 19.2 Å². The van der Waals surface area contributed by atoms with Gasteiger partial charge in [-0.2, -0.15) is 0 Å². The fourth-order valence-electron chi connectivity index (χ4n) is 7.16. The number of aliphatic hydroxyl groups excluding tert-OH is 9. The topological polar surface area (TPSA) is 324 Å². The van der Waals surface area contributed by atoms with Gasteiger partial charge in [-0.25, -0.2) is 0 Å². The van der Waals surface area contributed by atoms with E-state index >= 15 is 0 Å². The number of rotatable bonds is 3. The Morgan fingerprint density at radius 2 is 1.12 bits per heavy atom. The van der Waals surface area contributed by atoms with Crippen LogP contribution in [0.2, 0.25) is 0 Å². The van der Waals surface area contributed by atoms with E-state index in [0.29, 0.717) is 0 Å². The maximum absolute atomic E-state index is 12.9. The van der Waals surface area contributed by atoms with Gasteiger partial charge in [-0.1, -0.05) is 98.9 Å². The van der Waals surface area contributed by atoms with Gasteiger partial charge in [0, 0.05) is 50.4 Å². The quantitative estimate of drug-likeness (QED) is 0.174. The second-order valence-corrected chi connectivity index (χ2v) is 16.9. The summed E-state index contributed by atoms with van der Waals surface area (Å²) >= 11 is 0. The van der Waals surface area contributed by atoms with Gasteiger partial charge in [0.25, 0.3) is 0 Å². The highest BCUT2D eigenvalue weighted by molar-refractivity contribution is 5.81. The maximum atomic E-state index is 12.9. The molecule has 18 nitrogen and oxygen atoms in total. The fourth-order valence-corrected chi connectivity index (χ4v) is 7.16. The number of carboxylic acids is 1. The first-order valence-electron chi connectivity index (χ1n) is 22.0. The number of aliphatic carboxylic acids is 1. The van der Waals surface area contributed by atoms with Gasteiger partial charge in [-0.05, 0) is 20.3 Å². The molecule has 17 atom stereocenters. The number of aliphatic hydroxyl groups is 9. The van der Waals surface area contributed by atoms with Crippen LogP contribution in [0.25, 0.3) is 0 Å². The van der Waals surface area contributed by atoms with Crippen molar-refractivity contribution in [1.82, 2.24) is 0 Å². The standard InChI is InChI=1S/C47H71NO17/c1-27-17-15-13-11-9-7-5-6-8-10-12-14-16-18-35(65-47-45(60)42(48)44(59)30(4)64-47)26-39(56)41(46(61)62)38(55)24-34(52)23-37(54)36(53)20-19-31(49)21-32(50)22-33(51)25-40(57)63-29(3)28(2)43(27)58/h5-18,27-30,32-33,35-39,41-45,47,50-51,53-56,58-60H,19-26,48H2,1-4H3,(H,61,62)/t27-,28-,29-,30-,32+,33+,35-,36-,37-,38-,39-,41-,42+,43+,44-,45+,47+/m1/s1. The van der Waals surface area contributed by atoms with Gasteiger partial charge in [0.05, 0.1) is 73.5 Å². The number of esters is 1. The van der Waals surface area contributed by atoms with E-state index in [1.54, 1.807) is 86.8 Å². The van der Waals surface area contributed by atoms with Crippen LogP contribution >= 0.6 is 0 Å². The van der Waals surface area contributed by atoms with E-state index in [1.807, 2.05) is 6.92 Å². The molecule has 0 radical (unpaired) electrons. The third kappa shape index (κ3) is 21.0. The van der Waals surface area contributed by atoms with Crippen molar-refractivity contribution in [2.45, 2.75) is 165 Å². The summed E-state index contributed by atoms with van der Waals surface area (Å²) in [6, 6.07) is -1.16. The van der Waals surface area contributed by atoms with Crippen LogP contribution in [-0.4, -0.2) is 160 Å². The van der Waals surface area contributed by atoms with Crippen LogP contribution in [0.5, 0.6) is 0 Å². The first-order valence-corrected chi connectivity index (χ1v) is 22.0. The Labute approximate surface area is 380 Å². The van der Waals surface area contributed by atoms with Crippen LogP contribution in [0.3, 0.4) is 0 Å². The smallest absolute Gasteiger partial charge is 0.311 e. The first-order chi connectivity index (χ1) is 30.6. The molecule has 0 aromatic rings. The number of ketones is 2. The normalized spacial score (nSPS) is 38.2. The zero-order valence-electron chi connectivity index (χ0n) is 37.5. The summed E-state index contributed by atoms with van der Waals surface area (Å²) in [5, 5.41) is 106. The summed E-state index contributed by atoms with van der Waals surface area (Å²) in [6.07, 6.45) is 2.25. The Hall–Kier alpha value is -4.02. The lowest BCUT2D eigenvalue weighted by molar-refractivity contribution is -0.277. The van der Waals surface area contributed by atoms with Crippen molar-refractivity contribution in [2.24, 2.45) is 23.5 Å². The zero-order valence-corrected chi connectivity index (χ0v) is 37.5. The van der Waals surface area contributed by atoms with Crippen molar-refractivity contribution < 1.29 is 84.5 Å². The highest BCUT2D eigenvalue weighted by Crippen LogP contribution is 2.26. The van der Waals surface area contributed by atoms with Crippen molar-refractivity contribution in [3.63, 3.8) is 0 Å². The third-order valence-electron chi connectivity index (χ3n) is 11.3. The first kappa shape index (κ1) is 57.1. The summed E-state index contributed by atoms with van der Waals surface area (Å²) in [5.41, 5.74) is 5.95. The van der Waals surface area contributed by atoms with E-state index < -0.39 is 153 Å². The second-order valence-electron chi connectivity index (χ2n) is 16.9. The van der Waals surface area contributed by atoms with Crippen LogP contribution < -0.4 is 5.73 Å². The van der Waals surface area contributed by atoms with Gasteiger partial charge in [-0.15, -0.1) is 0 Å². The van der Waals surface area contributed by atoms with E-state index in [-0.39, 0.29) is 25.2 Å². The van der Waals surface area contributed by atoms with Crippen LogP contribution in [0.15, 0.2) is 85.1 Å². The lowest BCUT2D eigenvalue weighted by Gasteiger charge is -2.41. The number of hydrogen-bond acceptors (Lipinski definition) is 17. The summed E-state index contributed by atoms with van der Waals surface area (Å²) in [6.45, 7) is 6.66. The number of Topliss-reactive ketones (excluding diaryl/α,β-unsaturated/α-hetero) is 2. The molecule has 0 aromatic heterocycles. The van der Waals surface area contributed by atoms with Crippen molar-refractivity contribution in [3.8, 4) is 0 Å². The molecule has 0 amide bonds. The number of carbonyl (C=O) groups excluding carboxylic acids is 3. The third-order valence-corrected chi connectivity index (χ3v) is 11.3. The number of carboxylic acid groups (broad SMARTS) is 1. The molecule has 18 heteroatoms. The average Bonchev–Trinajstić information content (AvgIpc) is 3.22. The SMILES string of the molecule is C[C@H]1[C@@H](O)[C@H](C)C=CC=CC=CC=CC=CC=CC=C[C@@H](O[C@@H]2O[C@H](C)[C@@H](O)[C@H](N)[C@@H]2O)C[C@@H](O)[C@H](C(=O)O)[C@H](O)CC(=O)C[C@@H](O)[C@H](O)CCC(=O)C[C@H](O)C[C@H](O)CC(=O)O[C@@H]1C. The number of cyclic esters (lactones) is 1. The molecule has 2 rings (SSSR count). The molecule has 366 valence electrons. The van der Waals surface area contributed by atoms with E-state index in [4.69, 9.17) is 19.9 Å². The van der Waals surface area contributed by atoms with Gasteiger partial charge in [0.2, 0.25) is 0 Å². The molecule has 12 N–H and O–H groups in total. The van der Waals surface area contributed by atoms with Gasteiger partial charge in [0.1, 0.15) is 29.7 Å². The van der Waals surface area contributed by atoms with Gasteiger partial charge in [0.15, 0.2) is 6.29 Å². The van der Waals surface area contributed by atoms with E-state index in [9.17, 15) is 70.2 Å². The molecule has 0 unspecified atom stereocenters. The number of ether oxygens (including phenoxy) is 3. The van der Waals surface area contributed by atoms with E-state index in [0.717, 1.165) is 0 Å². The van der Waals surface area contributed by atoms with E-state index in [2.05, 4.69) is 0 Å². The minimum Gasteiger partial charge on any atom is -0.481 e. The minimum absolute atomic E-state index is 0.302. The monoisotopic (exact) mass is 921 g/mol. The zero-order chi connectivity index (χ0) is 48.8. The Morgan fingerprint density at radius 3 is 1.69 bits per heavy atom. The molecule has 2 aliphatic heterocycles. The Bertz CT molecular complexity index is 1690. The molecule has 0 spiro atoms. The summed E-state index contributed by atoms with van der Waals surface area (Å²) < 4.78 is 16.9. The predicted molar refractivity (Wildman–Crippen MR) is 237 cm³/mol. The molecule has 0 aromatic carbocycles. The van der Waals surface area contributed by atoms with Crippen molar-refractivity contribution in [1.29, 1.82) is 0 Å². The van der Waals surface area contributed by atoms with Crippen LogP contribution in [0.1, 0.15) is 79.1 Å². The number of nitrogens with two attached hydrogens (primary N) is 1. The highest BCUT2D eigenvalue weighted by atomic mass is 16.7. The lowest BCUT2D eigenvalue weighted by atomic mass is 9.88. The average molecular weight is 922 g/mol. The van der Waals surface area contributed by atoms with Gasteiger partial charge >= 0.3 is 11.9 Å². The number of carbonyl (C=O) groups is 4. The molecule has 2 heterocycles. The number of allylic oxidation sites excluding steroid dienone is 12. The molecule has 2 aliphatic rings. The molecule has 0 aliphatic carbocycles. The maximum Gasteiger partial charge on any atom is 0.311 e. The molecule has 1 saturated heterocycles. The molecule has 0 saturated carbocycles. The Kier molecular flexibility index (Phi) is 26.0. The molecular weight excluding hydrogens is 851 g/mol. The Balaban J connectivity index is 2.29. The van der Waals surface area contributed by atoms with Crippen molar-refractivity contribution in [2.75, 3.05) is 0 Å². The summed E-state index contributed by atoms with van der Waals surface area (Å²) in [5.74, 6) is -6.58. The molecular formula is C47H71NO17. The summed E-state index contributed by atoms with van der Waals surface area (Å²) in [4.78, 5) is 50.3. The predicted octanol–water partition coefficient (Wildman–Crippen LogP) is 0.763. The lowest BCUT2D eigenvalue weighted by Crippen LogP contribution is -2.61. The van der Waals surface area contributed by atoms with Crippen LogP contribution in [0.4, 0.5) is 0 Å². The molecule has 0 bridgehead atoms. The second kappa shape index (κ2) is 29.6. The summed E-state index contributed by atoms with van der Waals surface area (Å²) in [7, 11) is 0. The van der Waals surface area contributed by atoms with Crippen molar-refractivity contribution >= 4 is 23.5 Å². The highest BCUT2D eigenvalue weighted by Gasteiger charge is 2.43. The van der Waals surface area contributed by atoms with Gasteiger partial charge < -0.3 is 71.0 Å². The van der Waals surface area contributed by atoms with Crippen LogP contribution in [0, 0.1) is 17.8 Å². The molecule has 65 heavy (non-hydrogen) atoms. The molecule has 1 fully saturated rings. The largest absolute Gasteiger partial charge is 0.481 e.